The Morgan fingerprint density at radius 3 is 1.28 bits per heavy atom. The fraction of sp³-hybridized carbons (Fsp3) is 0.384. The first kappa shape index (κ1) is 77.4. The fourth-order valence-electron chi connectivity index (χ4n) is 12.9. The number of ether oxygens (including phenoxy) is 4. The highest BCUT2D eigenvalue weighted by Crippen LogP contribution is 2.49. The van der Waals surface area contributed by atoms with Gasteiger partial charge in [-0.15, -0.1) is 0 Å². The van der Waals surface area contributed by atoms with Crippen LogP contribution in [0, 0.1) is 78.8 Å². The number of hydrogen-bond donors (Lipinski definition) is 0. The summed E-state index contributed by atoms with van der Waals surface area (Å²) < 4.78 is 23.7. The van der Waals surface area contributed by atoms with Gasteiger partial charge in [0.1, 0.15) is 59.8 Å². The third kappa shape index (κ3) is 20.5. The van der Waals surface area contributed by atoms with Crippen LogP contribution < -0.4 is 19.3 Å². The molecule has 4 aromatic rings. The molecule has 4 aromatic carbocycles. The quantitative estimate of drug-likeness (QED) is 0.0345. The molecule has 13 heteroatoms. The van der Waals surface area contributed by atoms with E-state index >= 15 is 0 Å². The molecule has 2 aliphatic heterocycles. The minimum Gasteiger partial charge on any atom is -0.496 e. The Kier molecular flexibility index (Phi) is 29.1. The highest BCUT2D eigenvalue weighted by molar-refractivity contribution is 5.70. The van der Waals surface area contributed by atoms with E-state index < -0.39 is 11.2 Å². The molecule has 0 radical (unpaired) electrons. The second-order valence-electron chi connectivity index (χ2n) is 27.2. The highest BCUT2D eigenvalue weighted by atomic mass is 16.5. The maximum Gasteiger partial charge on any atom is 0.172 e. The van der Waals surface area contributed by atoms with Gasteiger partial charge in [-0.2, -0.15) is 31.6 Å². The summed E-state index contributed by atoms with van der Waals surface area (Å²) in [6.45, 7) is 27.7. The zero-order chi connectivity index (χ0) is 72.2. The summed E-state index contributed by atoms with van der Waals surface area (Å²) in [5.41, 5.74) is 10.7. The molecule has 0 saturated carbocycles. The first-order chi connectivity index (χ1) is 47.6. The molecule has 0 N–H and O–H groups in total. The number of aldehydes is 1. The van der Waals surface area contributed by atoms with Crippen molar-refractivity contribution < 1.29 is 23.7 Å². The van der Waals surface area contributed by atoms with E-state index in [2.05, 4.69) is 150 Å². The van der Waals surface area contributed by atoms with E-state index in [4.69, 9.17) is 29.5 Å². The van der Waals surface area contributed by atoms with E-state index in [1.807, 2.05) is 105 Å². The van der Waals surface area contributed by atoms with Crippen LogP contribution in [0.2, 0.25) is 0 Å². The SMILES string of the molecule is CC1=C(C#N)C(=C(C#N)C#N)OC1(C)c1ccccc1.CCCCN(CCCC)c1ccc(/C=C/C2=CC(=C/C=C/C3=C(C#N)C(=C(C#N)C#N)OC3(C)c3ccccc3)/CC(C)(C)C2)c(OC)c1.CCCCN(CCCC)c1ccc(/C=C/C2=CC(=C/C=O)/CC(C)(C)C2)c(OC)c1. The van der Waals surface area contributed by atoms with Crippen molar-refractivity contribution in [2.45, 2.75) is 164 Å². The minimum absolute atomic E-state index is 0.0235. The van der Waals surface area contributed by atoms with Crippen molar-refractivity contribution in [2.24, 2.45) is 10.8 Å². The van der Waals surface area contributed by atoms with Crippen LogP contribution in [-0.4, -0.2) is 46.7 Å². The molecule has 8 rings (SSSR count). The number of hydrogen-bond acceptors (Lipinski definition) is 13. The van der Waals surface area contributed by atoms with Gasteiger partial charge in [0.15, 0.2) is 33.9 Å². The molecule has 2 aliphatic carbocycles. The number of nitrogens with zero attached hydrogens (tertiary/aromatic N) is 8. The van der Waals surface area contributed by atoms with Crippen molar-refractivity contribution in [1.82, 2.24) is 0 Å². The first-order valence-corrected chi connectivity index (χ1v) is 34.6. The molecule has 99 heavy (non-hydrogen) atoms. The van der Waals surface area contributed by atoms with Crippen molar-refractivity contribution in [3.05, 3.63) is 235 Å². The number of benzene rings is 4. The lowest BCUT2D eigenvalue weighted by Crippen LogP contribution is -2.25. The van der Waals surface area contributed by atoms with E-state index in [-0.39, 0.29) is 44.6 Å². The van der Waals surface area contributed by atoms with E-state index in [9.17, 15) is 25.8 Å². The predicted molar refractivity (Wildman–Crippen MR) is 399 cm³/mol. The molecule has 0 saturated heterocycles. The van der Waals surface area contributed by atoms with Crippen LogP contribution in [0.1, 0.15) is 175 Å². The van der Waals surface area contributed by atoms with Crippen LogP contribution >= 0.6 is 0 Å². The first-order valence-electron chi connectivity index (χ1n) is 34.6. The molecular formula is C86H98N8O5. The lowest BCUT2D eigenvalue weighted by molar-refractivity contribution is -0.104. The Morgan fingerprint density at radius 1 is 0.505 bits per heavy atom. The lowest BCUT2D eigenvalue weighted by Gasteiger charge is -2.30. The largest absolute Gasteiger partial charge is 0.496 e. The number of carbonyl (C=O) groups excluding carboxylic acids is 1. The molecule has 2 atom stereocenters. The number of anilines is 2. The molecule has 0 bridgehead atoms. The average Bonchev–Trinajstić information content (AvgIpc) is 1.61. The van der Waals surface area contributed by atoms with Crippen LogP contribution in [0.15, 0.2) is 213 Å². The average molecular weight is 1320 g/mol. The van der Waals surface area contributed by atoms with Crippen molar-refractivity contribution >= 4 is 29.8 Å². The Labute approximate surface area is 590 Å². The van der Waals surface area contributed by atoms with Crippen molar-refractivity contribution in [1.29, 1.82) is 31.6 Å². The van der Waals surface area contributed by atoms with Gasteiger partial charge in [0, 0.05) is 66.4 Å². The molecule has 2 unspecified atom stereocenters. The summed E-state index contributed by atoms with van der Waals surface area (Å²) >= 11 is 0. The van der Waals surface area contributed by atoms with E-state index in [0.717, 1.165) is 97.5 Å². The Balaban J connectivity index is 0.000000261. The van der Waals surface area contributed by atoms with Gasteiger partial charge in [-0.25, -0.2) is 0 Å². The van der Waals surface area contributed by atoms with Crippen LogP contribution in [0.25, 0.3) is 12.2 Å². The Bertz CT molecular complexity index is 4100. The summed E-state index contributed by atoms with van der Waals surface area (Å²) in [6.07, 6.45) is 34.8. The van der Waals surface area contributed by atoms with Crippen LogP contribution in [0.3, 0.4) is 0 Å². The minimum atomic E-state index is -1.04. The smallest absolute Gasteiger partial charge is 0.172 e. The maximum absolute atomic E-state index is 10.9. The summed E-state index contributed by atoms with van der Waals surface area (Å²) in [4.78, 5) is 15.9. The zero-order valence-electron chi connectivity index (χ0n) is 60.5. The molecule has 0 spiro atoms. The lowest BCUT2D eigenvalue weighted by atomic mass is 9.75. The second-order valence-corrected chi connectivity index (χ2v) is 27.2. The maximum atomic E-state index is 10.9. The summed E-state index contributed by atoms with van der Waals surface area (Å²) in [5, 5.41) is 56.6. The number of rotatable bonds is 25. The van der Waals surface area contributed by atoms with Gasteiger partial charge in [0.2, 0.25) is 0 Å². The molecule has 512 valence electrons. The highest BCUT2D eigenvalue weighted by Gasteiger charge is 2.44. The van der Waals surface area contributed by atoms with E-state index in [1.165, 1.54) is 79.5 Å². The third-order valence-electron chi connectivity index (χ3n) is 18.3. The van der Waals surface area contributed by atoms with Gasteiger partial charge in [-0.3, -0.25) is 4.79 Å². The number of carbonyl (C=O) groups is 1. The van der Waals surface area contributed by atoms with Crippen LogP contribution in [0.4, 0.5) is 11.4 Å². The van der Waals surface area contributed by atoms with Gasteiger partial charge < -0.3 is 28.7 Å². The van der Waals surface area contributed by atoms with E-state index in [0.29, 0.717) is 11.1 Å². The van der Waals surface area contributed by atoms with Crippen LogP contribution in [-0.2, 0) is 25.5 Å². The Morgan fingerprint density at radius 2 is 0.899 bits per heavy atom. The van der Waals surface area contributed by atoms with Gasteiger partial charge in [-0.1, -0.05) is 196 Å². The van der Waals surface area contributed by atoms with Crippen molar-refractivity contribution in [3.8, 4) is 47.9 Å². The normalized spacial score (nSPS) is 19.0. The summed E-state index contributed by atoms with van der Waals surface area (Å²) in [5.74, 6) is 1.87. The fourth-order valence-corrected chi connectivity index (χ4v) is 12.9. The molecule has 0 aromatic heterocycles. The molecule has 2 heterocycles. The number of nitriles is 6. The predicted octanol–water partition coefficient (Wildman–Crippen LogP) is 20.5. The van der Waals surface area contributed by atoms with Crippen molar-refractivity contribution in [2.75, 3.05) is 50.2 Å². The van der Waals surface area contributed by atoms with Gasteiger partial charge in [-0.05, 0) is 152 Å². The van der Waals surface area contributed by atoms with Gasteiger partial charge in [0.25, 0.3) is 0 Å². The monoisotopic (exact) mass is 1320 g/mol. The Hall–Kier alpha value is -10.6. The van der Waals surface area contributed by atoms with E-state index in [1.54, 1.807) is 39.4 Å². The molecule has 13 nitrogen and oxygen atoms in total. The van der Waals surface area contributed by atoms with Gasteiger partial charge >= 0.3 is 0 Å². The number of methoxy groups -OCH3 is 2. The number of allylic oxidation sites excluding steroid dienone is 15. The zero-order valence-corrected chi connectivity index (χ0v) is 60.5. The van der Waals surface area contributed by atoms with Gasteiger partial charge in [0.05, 0.1) is 19.8 Å². The molecule has 0 amide bonds. The topological polar surface area (TPSA) is 203 Å². The summed E-state index contributed by atoms with van der Waals surface area (Å²) in [7, 11) is 3.48. The molecule has 4 aliphatic rings. The van der Waals surface area contributed by atoms with Crippen molar-refractivity contribution in [3.63, 3.8) is 0 Å². The molecular weight excluding hydrogens is 1220 g/mol. The third-order valence-corrected chi connectivity index (χ3v) is 18.3. The standard InChI is InChI=1S/C43H48N4O2.C27H39NO2.C16H11N3O/c1-7-9-23-47(24-10-8-2)37-22-21-34(40(26-37)48-6)20-19-33-25-32(27-42(3,4)28-33)15-14-18-39-38(31-46)41(35(29-44)30-45)49-43(39,5)36-16-12-11-13-17-36;1-6-8-15-28(16-9-7-2)25-13-12-24(26(19-25)30-5)11-10-22-18-23(14-17-29)21-27(3,4)20-22;1-11-14(10-19)15(12(8-17)9-18)20-16(11,2)13-6-4-3-5-7-13/h11-22,25-26H,7-10,23-24,27-28H2,1-6H3;10-14,17-19H,6-9,15-16,20-21H2,1-5H3;3-7H,1-2H3/b18-14+,20-19+,32-15-;11-10+,23-14-;. The van der Waals surface area contributed by atoms with Crippen LogP contribution in [0.5, 0.6) is 11.5 Å². The number of unbranched alkanes of at least 4 members (excludes halogenated alkanes) is 4. The summed E-state index contributed by atoms with van der Waals surface area (Å²) in [6, 6.07) is 43.6. The second kappa shape index (κ2) is 37.2. The molecule has 0 fully saturated rings.